The van der Waals surface area contributed by atoms with E-state index >= 15 is 0 Å². The van der Waals surface area contributed by atoms with Crippen LogP contribution in [0.5, 0.6) is 11.5 Å². The predicted octanol–water partition coefficient (Wildman–Crippen LogP) is 0.298. The highest BCUT2D eigenvalue weighted by atomic mass is 32.2. The lowest BCUT2D eigenvalue weighted by atomic mass is 10.1. The molecule has 0 saturated heterocycles. The van der Waals surface area contributed by atoms with Crippen LogP contribution in [0.3, 0.4) is 0 Å². The molecule has 1 rings (SSSR count). The first kappa shape index (κ1) is 14.7. The van der Waals surface area contributed by atoms with E-state index in [1.165, 1.54) is 25.2 Å². The lowest BCUT2D eigenvalue weighted by Crippen LogP contribution is -2.30. The van der Waals surface area contributed by atoms with Crippen molar-refractivity contribution in [1.29, 1.82) is 0 Å². The maximum absolute atomic E-state index is 11.2. The molecule has 4 N–H and O–H groups in total. The van der Waals surface area contributed by atoms with Gasteiger partial charge in [0.05, 0.1) is 5.75 Å². The Hall–Kier alpha value is -1.31. The van der Waals surface area contributed by atoms with Gasteiger partial charge in [-0.15, -0.1) is 0 Å². The molecule has 0 radical (unpaired) electrons. The Morgan fingerprint density at radius 2 is 1.78 bits per heavy atom. The van der Waals surface area contributed by atoms with Gasteiger partial charge in [0.1, 0.15) is 11.5 Å². The minimum absolute atomic E-state index is 0.0264. The third-order valence-electron chi connectivity index (χ3n) is 2.56. The molecule has 1 aromatic carbocycles. The number of phenolic OH excluding ortho intramolecular Hbond substituents is 2. The molecule has 0 aromatic heterocycles. The summed E-state index contributed by atoms with van der Waals surface area (Å²) in [5.74, 6) is -0.0819. The van der Waals surface area contributed by atoms with E-state index in [2.05, 4.69) is 10.0 Å². The number of hydrogen-bond donors (Lipinski definition) is 4. The fourth-order valence-electron chi connectivity index (χ4n) is 1.50. The molecule has 7 heteroatoms. The summed E-state index contributed by atoms with van der Waals surface area (Å²) in [5, 5.41) is 21.7. The van der Waals surface area contributed by atoms with E-state index in [4.69, 9.17) is 0 Å². The second-order valence-electron chi connectivity index (χ2n) is 3.98. The maximum Gasteiger partial charge on any atom is 0.212 e. The number of benzene rings is 1. The molecule has 1 unspecified atom stereocenters. The van der Waals surface area contributed by atoms with Crippen molar-refractivity contribution in [3.05, 3.63) is 23.8 Å². The van der Waals surface area contributed by atoms with Crippen LogP contribution < -0.4 is 10.0 Å². The Kier molecular flexibility index (Phi) is 4.94. The van der Waals surface area contributed by atoms with Gasteiger partial charge in [0, 0.05) is 18.7 Å². The van der Waals surface area contributed by atoms with Crippen LogP contribution in [0, 0.1) is 0 Å². The van der Waals surface area contributed by atoms with Crippen molar-refractivity contribution in [2.24, 2.45) is 0 Å². The van der Waals surface area contributed by atoms with Crippen molar-refractivity contribution >= 4 is 10.0 Å². The SMILES string of the molecule is CNS(=O)(=O)CCNC(C)c1cc(O)cc(O)c1. The van der Waals surface area contributed by atoms with Gasteiger partial charge in [-0.1, -0.05) is 0 Å². The lowest BCUT2D eigenvalue weighted by Gasteiger charge is -2.14. The van der Waals surface area contributed by atoms with Crippen LogP contribution in [-0.2, 0) is 10.0 Å². The number of sulfonamides is 1. The van der Waals surface area contributed by atoms with E-state index in [-0.39, 0.29) is 29.8 Å². The summed E-state index contributed by atoms with van der Waals surface area (Å²) in [6.45, 7) is 2.10. The molecule has 102 valence electrons. The van der Waals surface area contributed by atoms with Gasteiger partial charge >= 0.3 is 0 Å². The second-order valence-corrected chi connectivity index (χ2v) is 6.03. The fourth-order valence-corrected chi connectivity index (χ4v) is 2.09. The second kappa shape index (κ2) is 6.03. The minimum Gasteiger partial charge on any atom is -0.508 e. The van der Waals surface area contributed by atoms with E-state index in [1.807, 2.05) is 6.92 Å². The molecule has 18 heavy (non-hydrogen) atoms. The lowest BCUT2D eigenvalue weighted by molar-refractivity contribution is 0.446. The van der Waals surface area contributed by atoms with Crippen LogP contribution in [0.2, 0.25) is 0 Å². The molecule has 0 fully saturated rings. The molecule has 0 aliphatic rings. The van der Waals surface area contributed by atoms with Crippen molar-refractivity contribution in [2.45, 2.75) is 13.0 Å². The van der Waals surface area contributed by atoms with Crippen LogP contribution in [0.25, 0.3) is 0 Å². The average molecular weight is 274 g/mol. The summed E-state index contributed by atoms with van der Waals surface area (Å²) in [5.41, 5.74) is 0.689. The number of hydrogen-bond acceptors (Lipinski definition) is 5. The van der Waals surface area contributed by atoms with Gasteiger partial charge in [-0.3, -0.25) is 0 Å². The zero-order valence-electron chi connectivity index (χ0n) is 10.3. The molecule has 1 aromatic rings. The van der Waals surface area contributed by atoms with Crippen LogP contribution >= 0.6 is 0 Å². The van der Waals surface area contributed by atoms with Crippen molar-refractivity contribution in [3.63, 3.8) is 0 Å². The van der Waals surface area contributed by atoms with Crippen molar-refractivity contribution in [1.82, 2.24) is 10.0 Å². The molecule has 0 aliphatic carbocycles. The molecule has 0 heterocycles. The predicted molar refractivity (Wildman–Crippen MR) is 69.0 cm³/mol. The molecule has 1 atom stereocenters. The minimum atomic E-state index is -3.22. The van der Waals surface area contributed by atoms with E-state index < -0.39 is 10.0 Å². The third-order valence-corrected chi connectivity index (χ3v) is 3.92. The first-order chi connectivity index (χ1) is 8.34. The Labute approximate surface area is 107 Å². The summed E-state index contributed by atoms with van der Waals surface area (Å²) >= 11 is 0. The Balaban J connectivity index is 2.58. The van der Waals surface area contributed by atoms with Gasteiger partial charge in [0.2, 0.25) is 10.0 Å². The van der Waals surface area contributed by atoms with E-state index in [0.717, 1.165) is 0 Å². The highest BCUT2D eigenvalue weighted by molar-refractivity contribution is 7.89. The smallest absolute Gasteiger partial charge is 0.212 e. The van der Waals surface area contributed by atoms with E-state index in [9.17, 15) is 18.6 Å². The highest BCUT2D eigenvalue weighted by Crippen LogP contribution is 2.24. The summed E-state index contributed by atoms with van der Waals surface area (Å²) < 4.78 is 24.6. The van der Waals surface area contributed by atoms with Gasteiger partial charge in [-0.25, -0.2) is 13.1 Å². The van der Waals surface area contributed by atoms with E-state index in [1.54, 1.807) is 0 Å². The molecule has 0 spiro atoms. The zero-order valence-corrected chi connectivity index (χ0v) is 11.2. The quantitative estimate of drug-likeness (QED) is 0.598. The molecule has 0 bridgehead atoms. The number of nitrogens with one attached hydrogen (secondary N) is 2. The molecule has 0 aliphatic heterocycles. The zero-order chi connectivity index (χ0) is 13.8. The summed E-state index contributed by atoms with van der Waals surface area (Å²) in [6.07, 6.45) is 0. The summed E-state index contributed by atoms with van der Waals surface area (Å²) in [6, 6.07) is 4.10. The summed E-state index contributed by atoms with van der Waals surface area (Å²) in [4.78, 5) is 0. The van der Waals surface area contributed by atoms with Crippen LogP contribution in [0.4, 0.5) is 0 Å². The molecule has 6 nitrogen and oxygen atoms in total. The van der Waals surface area contributed by atoms with Crippen molar-refractivity contribution in [2.75, 3.05) is 19.3 Å². The molecule has 0 amide bonds. The van der Waals surface area contributed by atoms with Crippen molar-refractivity contribution < 1.29 is 18.6 Å². The summed E-state index contributed by atoms with van der Waals surface area (Å²) in [7, 11) is -1.86. The first-order valence-electron chi connectivity index (χ1n) is 5.51. The molecule has 0 saturated carbocycles. The monoisotopic (exact) mass is 274 g/mol. The van der Waals surface area contributed by atoms with Gasteiger partial charge < -0.3 is 15.5 Å². The van der Waals surface area contributed by atoms with Gasteiger partial charge in [-0.05, 0) is 31.7 Å². The van der Waals surface area contributed by atoms with Crippen LogP contribution in [0.15, 0.2) is 18.2 Å². The van der Waals surface area contributed by atoms with Gasteiger partial charge in [-0.2, -0.15) is 0 Å². The normalized spacial score (nSPS) is 13.4. The number of rotatable bonds is 6. The highest BCUT2D eigenvalue weighted by Gasteiger charge is 2.10. The van der Waals surface area contributed by atoms with Crippen molar-refractivity contribution in [3.8, 4) is 11.5 Å². The largest absolute Gasteiger partial charge is 0.508 e. The average Bonchev–Trinajstić information content (AvgIpc) is 2.27. The third kappa shape index (κ3) is 4.52. The van der Waals surface area contributed by atoms with E-state index in [0.29, 0.717) is 5.56 Å². The Morgan fingerprint density at radius 3 is 2.28 bits per heavy atom. The fraction of sp³-hybridized carbons (Fsp3) is 0.455. The Morgan fingerprint density at radius 1 is 1.22 bits per heavy atom. The Bertz CT molecular complexity index is 482. The standard InChI is InChI=1S/C11H18N2O4S/c1-8(13-3-4-18(16,17)12-2)9-5-10(14)7-11(15)6-9/h5-8,12-15H,3-4H2,1-2H3. The molecular weight excluding hydrogens is 256 g/mol. The van der Waals surface area contributed by atoms with Gasteiger partial charge in [0.15, 0.2) is 0 Å². The van der Waals surface area contributed by atoms with Crippen LogP contribution in [0.1, 0.15) is 18.5 Å². The topological polar surface area (TPSA) is 98.7 Å². The molecular formula is C11H18N2O4S. The number of aromatic hydroxyl groups is 2. The maximum atomic E-state index is 11.2. The van der Waals surface area contributed by atoms with Crippen LogP contribution in [-0.4, -0.2) is 38.0 Å². The number of phenols is 2. The van der Waals surface area contributed by atoms with Gasteiger partial charge in [0.25, 0.3) is 0 Å². The first-order valence-corrected chi connectivity index (χ1v) is 7.17.